The molecule has 1 aliphatic heterocycles. The molecular formula is C20H18IN3O4S. The van der Waals surface area contributed by atoms with Gasteiger partial charge in [0.25, 0.3) is 5.91 Å². The quantitative estimate of drug-likeness (QED) is 0.357. The molecule has 1 saturated heterocycles. The standard InChI is InChI=1S/C20H18IN3O4S/c1-28-18(26)12-23-16(11-17(25)22-14-9-7-13(21)8-10-14)19(27)24(20(23)29)15-5-3-2-4-6-15/h2-10,16H,11-12H2,1H3,(H,22,25)/t16-/m1/s1. The molecule has 1 atom stereocenters. The number of nitrogens with one attached hydrogen (secondary N) is 1. The molecule has 0 aliphatic carbocycles. The minimum atomic E-state index is -0.898. The van der Waals surface area contributed by atoms with Crippen molar-refractivity contribution in [2.75, 3.05) is 23.9 Å². The number of anilines is 2. The maximum Gasteiger partial charge on any atom is 0.325 e. The summed E-state index contributed by atoms with van der Waals surface area (Å²) in [6.45, 7) is -0.216. The lowest BCUT2D eigenvalue weighted by molar-refractivity contribution is -0.141. The van der Waals surface area contributed by atoms with Gasteiger partial charge in [-0.1, -0.05) is 18.2 Å². The number of hydrogen-bond donors (Lipinski definition) is 1. The van der Waals surface area contributed by atoms with Gasteiger partial charge in [0.05, 0.1) is 19.2 Å². The fraction of sp³-hybridized carbons (Fsp3) is 0.200. The van der Waals surface area contributed by atoms with Crippen LogP contribution in [0, 0.1) is 3.57 Å². The highest BCUT2D eigenvalue weighted by atomic mass is 127. The molecular weight excluding hydrogens is 505 g/mol. The molecule has 3 rings (SSSR count). The van der Waals surface area contributed by atoms with E-state index in [1.807, 2.05) is 18.2 Å². The van der Waals surface area contributed by atoms with E-state index < -0.39 is 12.0 Å². The Bertz CT molecular complexity index is 937. The van der Waals surface area contributed by atoms with E-state index in [9.17, 15) is 14.4 Å². The maximum atomic E-state index is 13.1. The first-order valence-electron chi connectivity index (χ1n) is 8.72. The predicted octanol–water partition coefficient (Wildman–Crippen LogP) is 2.80. The number of amides is 2. The Kier molecular flexibility index (Phi) is 6.80. The number of thiocarbonyl (C=S) groups is 1. The second kappa shape index (κ2) is 9.31. The van der Waals surface area contributed by atoms with Crippen LogP contribution < -0.4 is 10.2 Å². The minimum absolute atomic E-state index is 0.148. The third-order valence-corrected chi connectivity index (χ3v) is 5.50. The summed E-state index contributed by atoms with van der Waals surface area (Å²) in [6.07, 6.45) is -0.148. The van der Waals surface area contributed by atoms with E-state index in [0.717, 1.165) is 3.57 Å². The first kappa shape index (κ1) is 21.2. The Labute approximate surface area is 187 Å². The third kappa shape index (κ3) is 4.91. The van der Waals surface area contributed by atoms with Crippen molar-refractivity contribution in [2.45, 2.75) is 12.5 Å². The lowest BCUT2D eigenvalue weighted by Crippen LogP contribution is -2.41. The second-order valence-electron chi connectivity index (χ2n) is 6.27. The largest absolute Gasteiger partial charge is 0.468 e. The van der Waals surface area contributed by atoms with Gasteiger partial charge in [0.15, 0.2) is 5.11 Å². The van der Waals surface area contributed by atoms with Crippen LogP contribution in [0.2, 0.25) is 0 Å². The molecule has 29 heavy (non-hydrogen) atoms. The molecule has 1 aliphatic rings. The molecule has 0 spiro atoms. The first-order valence-corrected chi connectivity index (χ1v) is 10.2. The van der Waals surface area contributed by atoms with E-state index in [1.54, 1.807) is 36.4 Å². The summed E-state index contributed by atoms with van der Waals surface area (Å²) in [6, 6.07) is 15.3. The average Bonchev–Trinajstić information content (AvgIpc) is 2.94. The number of carbonyl (C=O) groups excluding carboxylic acids is 3. The lowest BCUT2D eigenvalue weighted by Gasteiger charge is -2.22. The number of esters is 1. The topological polar surface area (TPSA) is 79.0 Å². The van der Waals surface area contributed by atoms with Gasteiger partial charge < -0.3 is 15.0 Å². The highest BCUT2D eigenvalue weighted by molar-refractivity contribution is 14.1. The van der Waals surface area contributed by atoms with Crippen molar-refractivity contribution in [3.05, 3.63) is 58.2 Å². The fourth-order valence-corrected chi connectivity index (χ4v) is 3.70. The first-order chi connectivity index (χ1) is 13.9. The Morgan fingerprint density at radius 1 is 1.14 bits per heavy atom. The smallest absolute Gasteiger partial charge is 0.325 e. The molecule has 0 saturated carbocycles. The normalized spacial score (nSPS) is 16.1. The molecule has 1 N–H and O–H groups in total. The highest BCUT2D eigenvalue weighted by Gasteiger charge is 2.44. The summed E-state index contributed by atoms with van der Waals surface area (Å²) in [7, 11) is 1.26. The predicted molar refractivity (Wildman–Crippen MR) is 121 cm³/mol. The van der Waals surface area contributed by atoms with Gasteiger partial charge in [0.1, 0.15) is 12.6 Å². The van der Waals surface area contributed by atoms with Gasteiger partial charge in [0, 0.05) is 9.26 Å². The molecule has 0 radical (unpaired) electrons. The average molecular weight is 523 g/mol. The van der Waals surface area contributed by atoms with Crippen molar-refractivity contribution < 1.29 is 19.1 Å². The van der Waals surface area contributed by atoms with Crippen LogP contribution in [0.25, 0.3) is 0 Å². The number of halogens is 1. The van der Waals surface area contributed by atoms with E-state index >= 15 is 0 Å². The van der Waals surface area contributed by atoms with Crippen molar-refractivity contribution in [3.63, 3.8) is 0 Å². The van der Waals surface area contributed by atoms with Crippen molar-refractivity contribution in [2.24, 2.45) is 0 Å². The van der Waals surface area contributed by atoms with Crippen molar-refractivity contribution in [1.29, 1.82) is 0 Å². The van der Waals surface area contributed by atoms with Gasteiger partial charge >= 0.3 is 5.97 Å². The van der Waals surface area contributed by atoms with E-state index in [2.05, 4.69) is 27.9 Å². The van der Waals surface area contributed by atoms with Gasteiger partial charge in [-0.05, 0) is 71.2 Å². The van der Waals surface area contributed by atoms with Gasteiger partial charge in [-0.25, -0.2) is 0 Å². The molecule has 2 aromatic rings. The van der Waals surface area contributed by atoms with Crippen LogP contribution in [0.3, 0.4) is 0 Å². The number of nitrogens with zero attached hydrogens (tertiary/aromatic N) is 2. The fourth-order valence-electron chi connectivity index (χ4n) is 2.95. The number of rotatable bonds is 6. The van der Waals surface area contributed by atoms with E-state index in [-0.39, 0.29) is 29.9 Å². The zero-order chi connectivity index (χ0) is 21.0. The lowest BCUT2D eigenvalue weighted by atomic mass is 10.1. The number of hydrogen-bond acceptors (Lipinski definition) is 5. The summed E-state index contributed by atoms with van der Waals surface area (Å²) >= 11 is 7.62. The highest BCUT2D eigenvalue weighted by Crippen LogP contribution is 2.27. The summed E-state index contributed by atoms with van der Waals surface area (Å²) in [5, 5.41) is 2.94. The Morgan fingerprint density at radius 2 is 1.79 bits per heavy atom. The van der Waals surface area contributed by atoms with Crippen LogP contribution in [0.4, 0.5) is 11.4 Å². The summed E-state index contributed by atoms with van der Waals surface area (Å²) < 4.78 is 5.77. The van der Waals surface area contributed by atoms with Crippen molar-refractivity contribution in [1.82, 2.24) is 4.90 Å². The number of benzene rings is 2. The van der Waals surface area contributed by atoms with Crippen LogP contribution in [-0.4, -0.2) is 47.5 Å². The molecule has 0 aromatic heterocycles. The molecule has 150 valence electrons. The van der Waals surface area contributed by atoms with Gasteiger partial charge in [0.2, 0.25) is 5.91 Å². The minimum Gasteiger partial charge on any atom is -0.468 e. The number of ether oxygens (including phenoxy) is 1. The number of carbonyl (C=O) groups is 3. The third-order valence-electron chi connectivity index (χ3n) is 4.37. The molecule has 2 amide bonds. The molecule has 2 aromatic carbocycles. The summed E-state index contributed by atoms with van der Waals surface area (Å²) in [5.74, 6) is -1.25. The Balaban J connectivity index is 1.81. The zero-order valence-corrected chi connectivity index (χ0v) is 18.5. The monoisotopic (exact) mass is 523 g/mol. The number of methoxy groups -OCH3 is 1. The van der Waals surface area contributed by atoms with Crippen molar-refractivity contribution >= 4 is 69.1 Å². The SMILES string of the molecule is COC(=O)CN1C(=S)N(c2ccccc2)C(=O)[C@H]1CC(=O)Nc1ccc(I)cc1. The molecule has 7 nitrogen and oxygen atoms in total. The van der Waals surface area contributed by atoms with Crippen LogP contribution in [0.15, 0.2) is 54.6 Å². The Hall–Kier alpha value is -2.53. The van der Waals surface area contributed by atoms with Crippen LogP contribution in [0.1, 0.15) is 6.42 Å². The summed E-state index contributed by atoms with van der Waals surface area (Å²) in [5.41, 5.74) is 1.21. The van der Waals surface area contributed by atoms with Crippen molar-refractivity contribution in [3.8, 4) is 0 Å². The molecule has 0 bridgehead atoms. The van der Waals surface area contributed by atoms with Gasteiger partial charge in [-0.2, -0.15) is 0 Å². The second-order valence-corrected chi connectivity index (χ2v) is 7.88. The van der Waals surface area contributed by atoms with Crippen LogP contribution in [0.5, 0.6) is 0 Å². The number of para-hydroxylation sites is 1. The van der Waals surface area contributed by atoms with Crippen LogP contribution in [-0.2, 0) is 19.1 Å². The van der Waals surface area contributed by atoms with E-state index in [4.69, 9.17) is 17.0 Å². The zero-order valence-electron chi connectivity index (χ0n) is 15.5. The molecule has 1 heterocycles. The molecule has 9 heteroatoms. The Morgan fingerprint density at radius 3 is 2.41 bits per heavy atom. The van der Waals surface area contributed by atoms with Gasteiger partial charge in [-0.3, -0.25) is 19.3 Å². The van der Waals surface area contributed by atoms with Crippen LogP contribution >= 0.6 is 34.8 Å². The maximum absolute atomic E-state index is 13.1. The van der Waals surface area contributed by atoms with Gasteiger partial charge in [-0.15, -0.1) is 0 Å². The molecule has 1 fully saturated rings. The summed E-state index contributed by atoms with van der Waals surface area (Å²) in [4.78, 5) is 40.3. The van der Waals surface area contributed by atoms with E-state index in [1.165, 1.54) is 16.9 Å². The molecule has 0 unspecified atom stereocenters. The van der Waals surface area contributed by atoms with E-state index in [0.29, 0.717) is 11.4 Å².